The van der Waals surface area contributed by atoms with E-state index in [4.69, 9.17) is 0 Å². The SMILES string of the molecule is Cl.O=C(NCC(=O)N1C[C@H]2CNC[C@H]2C1)c1c[nH]c2ccccc2c1=O. The van der Waals surface area contributed by atoms with Crippen molar-refractivity contribution in [1.82, 2.24) is 20.5 Å². The van der Waals surface area contributed by atoms with Gasteiger partial charge in [-0.15, -0.1) is 12.4 Å². The molecule has 2 atom stereocenters. The standard InChI is InChI=1S/C18H20N4O3.ClH/c23-16(22-9-11-5-19-6-12(11)10-22)8-21-18(25)14-7-20-15-4-2-1-3-13(15)17(14)24;/h1-4,7,11-12,19H,5-6,8-10H2,(H,20,24)(H,21,25);1H/t11-,12+;. The van der Waals surface area contributed by atoms with Crippen molar-refractivity contribution in [3.05, 3.63) is 46.2 Å². The lowest BCUT2D eigenvalue weighted by atomic mass is 10.0. The van der Waals surface area contributed by atoms with Crippen molar-refractivity contribution in [3.63, 3.8) is 0 Å². The number of hydrogen-bond acceptors (Lipinski definition) is 4. The number of hydrogen-bond donors (Lipinski definition) is 3. The number of amides is 2. The highest BCUT2D eigenvalue weighted by molar-refractivity contribution is 5.98. The van der Waals surface area contributed by atoms with Crippen molar-refractivity contribution in [1.29, 1.82) is 0 Å². The molecule has 2 saturated heterocycles. The van der Waals surface area contributed by atoms with Crippen LogP contribution in [0, 0.1) is 11.8 Å². The summed E-state index contributed by atoms with van der Waals surface area (Å²) in [6.07, 6.45) is 1.40. The molecule has 0 aliphatic carbocycles. The fourth-order valence-corrected chi connectivity index (χ4v) is 3.76. The van der Waals surface area contributed by atoms with Crippen LogP contribution < -0.4 is 16.1 Å². The molecule has 0 unspecified atom stereocenters. The summed E-state index contributed by atoms with van der Waals surface area (Å²) in [7, 11) is 0. The zero-order chi connectivity index (χ0) is 17.4. The molecule has 2 fully saturated rings. The second-order valence-electron chi connectivity index (χ2n) is 6.74. The minimum atomic E-state index is -0.526. The molecule has 8 heteroatoms. The van der Waals surface area contributed by atoms with E-state index in [-0.39, 0.29) is 35.9 Å². The molecule has 2 amide bonds. The normalized spacial score (nSPS) is 21.3. The highest BCUT2D eigenvalue weighted by Gasteiger charge is 2.37. The maximum Gasteiger partial charge on any atom is 0.257 e. The van der Waals surface area contributed by atoms with E-state index in [1.807, 2.05) is 6.07 Å². The highest BCUT2D eigenvalue weighted by Crippen LogP contribution is 2.25. The van der Waals surface area contributed by atoms with Gasteiger partial charge in [0.25, 0.3) is 5.91 Å². The first-order chi connectivity index (χ1) is 12.1. The number of nitrogens with one attached hydrogen (secondary N) is 3. The smallest absolute Gasteiger partial charge is 0.257 e. The van der Waals surface area contributed by atoms with Crippen molar-refractivity contribution < 1.29 is 9.59 Å². The molecule has 0 saturated carbocycles. The third-order valence-electron chi connectivity index (χ3n) is 5.18. The Bertz CT molecular complexity index is 885. The number of para-hydroxylation sites is 1. The zero-order valence-corrected chi connectivity index (χ0v) is 15.0. The molecular weight excluding hydrogens is 356 g/mol. The van der Waals surface area contributed by atoms with Gasteiger partial charge in [-0.2, -0.15) is 0 Å². The summed E-state index contributed by atoms with van der Waals surface area (Å²) >= 11 is 0. The van der Waals surface area contributed by atoms with Crippen molar-refractivity contribution >= 4 is 35.1 Å². The first-order valence-electron chi connectivity index (χ1n) is 8.50. The van der Waals surface area contributed by atoms with Crippen LogP contribution in [-0.4, -0.2) is 54.4 Å². The molecule has 0 spiro atoms. The third kappa shape index (κ3) is 3.32. The third-order valence-corrected chi connectivity index (χ3v) is 5.18. The first kappa shape index (κ1) is 18.4. The Morgan fingerprint density at radius 3 is 2.58 bits per heavy atom. The minimum absolute atomic E-state index is 0. The molecule has 3 heterocycles. The molecule has 1 aromatic carbocycles. The fraction of sp³-hybridized carbons (Fsp3) is 0.389. The minimum Gasteiger partial charge on any atom is -0.360 e. The largest absolute Gasteiger partial charge is 0.360 e. The lowest BCUT2D eigenvalue weighted by Crippen LogP contribution is -2.41. The Balaban J connectivity index is 0.00000196. The van der Waals surface area contributed by atoms with Gasteiger partial charge >= 0.3 is 0 Å². The molecule has 26 heavy (non-hydrogen) atoms. The van der Waals surface area contributed by atoms with Crippen LogP contribution in [0.3, 0.4) is 0 Å². The Morgan fingerprint density at radius 2 is 1.85 bits per heavy atom. The summed E-state index contributed by atoms with van der Waals surface area (Å²) in [6.45, 7) is 3.30. The van der Waals surface area contributed by atoms with Crippen LogP contribution in [0.25, 0.3) is 10.9 Å². The number of aromatic nitrogens is 1. The predicted octanol–water partition coefficient (Wildman–Crippen LogP) is 0.357. The average molecular weight is 377 g/mol. The van der Waals surface area contributed by atoms with Gasteiger partial charge in [-0.1, -0.05) is 12.1 Å². The first-order valence-corrected chi connectivity index (χ1v) is 8.50. The topological polar surface area (TPSA) is 94.3 Å². The maximum atomic E-state index is 12.4. The number of likely N-dealkylation sites (tertiary alicyclic amines) is 1. The van der Waals surface area contributed by atoms with Gasteiger partial charge in [0.05, 0.1) is 6.54 Å². The Kier molecular flexibility index (Phi) is 5.29. The molecule has 0 radical (unpaired) electrons. The summed E-state index contributed by atoms with van der Waals surface area (Å²) < 4.78 is 0. The molecule has 4 rings (SSSR count). The molecule has 0 bridgehead atoms. The van der Waals surface area contributed by atoms with E-state index in [1.165, 1.54) is 6.20 Å². The molecular formula is C18H21ClN4O3. The van der Waals surface area contributed by atoms with Gasteiger partial charge in [-0.05, 0) is 24.0 Å². The summed E-state index contributed by atoms with van der Waals surface area (Å²) in [5, 5.41) is 6.37. The van der Waals surface area contributed by atoms with E-state index in [2.05, 4.69) is 15.6 Å². The van der Waals surface area contributed by atoms with Gasteiger partial charge in [0.1, 0.15) is 5.56 Å². The monoisotopic (exact) mass is 376 g/mol. The number of H-pyrrole nitrogens is 1. The number of benzene rings is 1. The van der Waals surface area contributed by atoms with E-state index in [9.17, 15) is 14.4 Å². The summed E-state index contributed by atoms with van der Waals surface area (Å²) in [4.78, 5) is 41.8. The molecule has 3 N–H and O–H groups in total. The summed E-state index contributed by atoms with van der Waals surface area (Å²) in [5.41, 5.74) is 0.368. The van der Waals surface area contributed by atoms with Crippen molar-refractivity contribution in [3.8, 4) is 0 Å². The molecule has 138 valence electrons. The van der Waals surface area contributed by atoms with Gasteiger partial charge in [0.2, 0.25) is 11.3 Å². The maximum absolute atomic E-state index is 12.4. The molecule has 7 nitrogen and oxygen atoms in total. The quantitative estimate of drug-likeness (QED) is 0.720. The lowest BCUT2D eigenvalue weighted by Gasteiger charge is -2.17. The lowest BCUT2D eigenvalue weighted by molar-refractivity contribution is -0.129. The predicted molar refractivity (Wildman–Crippen MR) is 101 cm³/mol. The number of pyridine rings is 1. The fourth-order valence-electron chi connectivity index (χ4n) is 3.76. The van der Waals surface area contributed by atoms with Crippen LogP contribution in [0.4, 0.5) is 0 Å². The summed E-state index contributed by atoms with van der Waals surface area (Å²) in [5.74, 6) is 0.410. The van der Waals surface area contributed by atoms with Crippen LogP contribution in [0.2, 0.25) is 0 Å². The van der Waals surface area contributed by atoms with Crippen LogP contribution in [-0.2, 0) is 4.79 Å². The van der Waals surface area contributed by atoms with E-state index in [1.54, 1.807) is 23.1 Å². The van der Waals surface area contributed by atoms with Crippen LogP contribution >= 0.6 is 12.4 Å². The zero-order valence-electron chi connectivity index (χ0n) is 14.2. The second kappa shape index (κ2) is 7.47. The molecule has 2 aliphatic heterocycles. The molecule has 2 aliphatic rings. The number of carbonyl (C=O) groups is 2. The van der Waals surface area contributed by atoms with Crippen LogP contribution in [0.5, 0.6) is 0 Å². The number of halogens is 1. The molecule has 1 aromatic heterocycles. The van der Waals surface area contributed by atoms with Gasteiger partial charge in [-0.3, -0.25) is 14.4 Å². The van der Waals surface area contributed by atoms with Crippen LogP contribution in [0.1, 0.15) is 10.4 Å². The van der Waals surface area contributed by atoms with E-state index in [0.717, 1.165) is 26.2 Å². The number of nitrogens with zero attached hydrogens (tertiary/aromatic N) is 1. The van der Waals surface area contributed by atoms with Crippen molar-refractivity contribution in [2.24, 2.45) is 11.8 Å². The van der Waals surface area contributed by atoms with Gasteiger partial charge < -0.3 is 20.5 Å². The van der Waals surface area contributed by atoms with Gasteiger partial charge in [0, 0.05) is 43.3 Å². The van der Waals surface area contributed by atoms with E-state index >= 15 is 0 Å². The molecule has 2 aromatic rings. The Labute approximate surface area is 156 Å². The van der Waals surface area contributed by atoms with Crippen LogP contribution in [0.15, 0.2) is 35.3 Å². The van der Waals surface area contributed by atoms with E-state index < -0.39 is 5.91 Å². The second-order valence-corrected chi connectivity index (χ2v) is 6.74. The van der Waals surface area contributed by atoms with Crippen molar-refractivity contribution in [2.45, 2.75) is 0 Å². The van der Waals surface area contributed by atoms with Crippen molar-refractivity contribution in [2.75, 3.05) is 32.7 Å². The van der Waals surface area contributed by atoms with Gasteiger partial charge in [-0.25, -0.2) is 0 Å². The highest BCUT2D eigenvalue weighted by atomic mass is 35.5. The van der Waals surface area contributed by atoms with Gasteiger partial charge in [0.15, 0.2) is 0 Å². The Hall–Kier alpha value is -2.38. The number of rotatable bonds is 3. The number of aromatic amines is 1. The summed E-state index contributed by atoms with van der Waals surface area (Å²) in [6, 6.07) is 7.02. The average Bonchev–Trinajstić information content (AvgIpc) is 3.22. The number of fused-ring (bicyclic) bond motifs is 2. The number of carbonyl (C=O) groups excluding carboxylic acids is 2. The Morgan fingerprint density at radius 1 is 1.15 bits per heavy atom. The van der Waals surface area contributed by atoms with E-state index in [0.29, 0.717) is 22.7 Å².